The first-order valence-electron chi connectivity index (χ1n) is 5.95. The van der Waals surface area contributed by atoms with E-state index in [1.54, 1.807) is 0 Å². The van der Waals surface area contributed by atoms with Gasteiger partial charge >= 0.3 is 0 Å². The Kier molecular flexibility index (Phi) is 6.11. The molecule has 0 bridgehead atoms. The van der Waals surface area contributed by atoms with Gasteiger partial charge in [0.05, 0.1) is 5.69 Å². The number of aromatic nitrogens is 1. The highest BCUT2D eigenvalue weighted by Gasteiger charge is 2.03. The third-order valence-electron chi connectivity index (χ3n) is 2.25. The summed E-state index contributed by atoms with van der Waals surface area (Å²) >= 11 is 0. The standard InChI is InChI=1S/C12H22N2O2/c1-4-13-8-11-7-12(16-14-11)9-15-6-5-10(2)3/h7,10,13H,4-6,8-9H2,1-3H3. The average Bonchev–Trinajstić information content (AvgIpc) is 2.69. The van der Waals surface area contributed by atoms with Crippen LogP contribution in [0.1, 0.15) is 38.6 Å². The van der Waals surface area contributed by atoms with Gasteiger partial charge < -0.3 is 14.6 Å². The maximum Gasteiger partial charge on any atom is 0.162 e. The van der Waals surface area contributed by atoms with Gasteiger partial charge in [-0.3, -0.25) is 0 Å². The summed E-state index contributed by atoms with van der Waals surface area (Å²) in [5.74, 6) is 1.48. The van der Waals surface area contributed by atoms with Gasteiger partial charge in [-0.1, -0.05) is 25.9 Å². The Bertz CT molecular complexity index is 284. The van der Waals surface area contributed by atoms with Gasteiger partial charge in [-0.15, -0.1) is 0 Å². The fourth-order valence-corrected chi connectivity index (χ4v) is 1.25. The molecule has 1 heterocycles. The lowest BCUT2D eigenvalue weighted by Gasteiger charge is -2.03. The smallest absolute Gasteiger partial charge is 0.162 e. The largest absolute Gasteiger partial charge is 0.373 e. The Morgan fingerprint density at radius 2 is 2.31 bits per heavy atom. The van der Waals surface area contributed by atoms with E-state index in [1.807, 2.05) is 6.07 Å². The van der Waals surface area contributed by atoms with Crippen molar-refractivity contribution in [3.8, 4) is 0 Å². The predicted octanol–water partition coefficient (Wildman–Crippen LogP) is 2.35. The summed E-state index contributed by atoms with van der Waals surface area (Å²) in [5.41, 5.74) is 0.935. The van der Waals surface area contributed by atoms with E-state index >= 15 is 0 Å². The van der Waals surface area contributed by atoms with Crippen LogP contribution >= 0.6 is 0 Å². The topological polar surface area (TPSA) is 47.3 Å². The van der Waals surface area contributed by atoms with Crippen molar-refractivity contribution >= 4 is 0 Å². The number of nitrogens with one attached hydrogen (secondary N) is 1. The number of nitrogens with zero attached hydrogens (tertiary/aromatic N) is 1. The molecular formula is C12H22N2O2. The molecule has 1 N–H and O–H groups in total. The molecule has 0 amide bonds. The van der Waals surface area contributed by atoms with Crippen LogP contribution in [0, 0.1) is 5.92 Å². The highest BCUT2D eigenvalue weighted by Crippen LogP contribution is 2.06. The molecule has 92 valence electrons. The molecule has 0 unspecified atom stereocenters. The van der Waals surface area contributed by atoms with E-state index in [9.17, 15) is 0 Å². The summed E-state index contributed by atoms with van der Waals surface area (Å²) in [4.78, 5) is 0. The number of hydrogen-bond donors (Lipinski definition) is 1. The van der Waals surface area contributed by atoms with Gasteiger partial charge in [0.15, 0.2) is 5.76 Å². The SMILES string of the molecule is CCNCc1cc(COCCC(C)C)on1. The zero-order valence-corrected chi connectivity index (χ0v) is 10.5. The lowest BCUT2D eigenvalue weighted by atomic mass is 10.1. The molecule has 1 aromatic heterocycles. The molecule has 4 nitrogen and oxygen atoms in total. The van der Waals surface area contributed by atoms with Crippen LogP contribution in [0.2, 0.25) is 0 Å². The first-order valence-corrected chi connectivity index (χ1v) is 5.95. The quantitative estimate of drug-likeness (QED) is 0.691. The van der Waals surface area contributed by atoms with Gasteiger partial charge in [0, 0.05) is 19.2 Å². The Hall–Kier alpha value is -0.870. The van der Waals surface area contributed by atoms with Gasteiger partial charge in [-0.05, 0) is 18.9 Å². The molecule has 0 radical (unpaired) electrons. The van der Waals surface area contributed by atoms with Crippen molar-refractivity contribution in [1.82, 2.24) is 10.5 Å². The maximum absolute atomic E-state index is 5.49. The number of hydrogen-bond acceptors (Lipinski definition) is 4. The molecule has 0 fully saturated rings. The first-order chi connectivity index (χ1) is 7.72. The van der Waals surface area contributed by atoms with Crippen molar-refractivity contribution < 1.29 is 9.26 Å². The summed E-state index contributed by atoms with van der Waals surface area (Å²) in [6.45, 7) is 9.43. The van der Waals surface area contributed by atoms with E-state index in [2.05, 4.69) is 31.2 Å². The van der Waals surface area contributed by atoms with Crippen LogP contribution in [-0.4, -0.2) is 18.3 Å². The molecule has 1 aromatic rings. The Labute approximate surface area is 97.3 Å². The van der Waals surface area contributed by atoms with Crippen LogP contribution in [0.5, 0.6) is 0 Å². The molecule has 0 saturated heterocycles. The second-order valence-electron chi connectivity index (χ2n) is 4.30. The second-order valence-corrected chi connectivity index (χ2v) is 4.30. The van der Waals surface area contributed by atoms with Gasteiger partial charge in [-0.25, -0.2) is 0 Å². The molecule has 0 aliphatic rings. The fourth-order valence-electron chi connectivity index (χ4n) is 1.25. The van der Waals surface area contributed by atoms with E-state index < -0.39 is 0 Å². The normalized spacial score (nSPS) is 11.2. The van der Waals surface area contributed by atoms with E-state index in [0.29, 0.717) is 12.5 Å². The monoisotopic (exact) mass is 226 g/mol. The molecular weight excluding hydrogens is 204 g/mol. The Morgan fingerprint density at radius 3 is 3.00 bits per heavy atom. The van der Waals surface area contributed by atoms with E-state index in [-0.39, 0.29) is 0 Å². The molecule has 0 saturated carbocycles. The van der Waals surface area contributed by atoms with E-state index in [4.69, 9.17) is 9.26 Å². The van der Waals surface area contributed by atoms with Crippen molar-refractivity contribution in [3.05, 3.63) is 17.5 Å². The third kappa shape index (κ3) is 5.28. The summed E-state index contributed by atoms with van der Waals surface area (Å²) in [6.07, 6.45) is 1.08. The molecule has 0 aliphatic carbocycles. The predicted molar refractivity (Wildman–Crippen MR) is 63.0 cm³/mol. The third-order valence-corrected chi connectivity index (χ3v) is 2.25. The molecule has 1 rings (SSSR count). The summed E-state index contributed by atoms with van der Waals surface area (Å²) in [5, 5.41) is 7.15. The van der Waals surface area contributed by atoms with Crippen LogP contribution in [-0.2, 0) is 17.9 Å². The van der Waals surface area contributed by atoms with Crippen molar-refractivity contribution in [2.45, 2.75) is 40.3 Å². The van der Waals surface area contributed by atoms with Crippen LogP contribution in [0.3, 0.4) is 0 Å². The zero-order valence-electron chi connectivity index (χ0n) is 10.5. The van der Waals surface area contributed by atoms with Crippen LogP contribution in [0.25, 0.3) is 0 Å². The zero-order chi connectivity index (χ0) is 11.8. The molecule has 4 heteroatoms. The van der Waals surface area contributed by atoms with Gasteiger partial charge in [0.2, 0.25) is 0 Å². The molecule has 16 heavy (non-hydrogen) atoms. The van der Waals surface area contributed by atoms with E-state index in [0.717, 1.165) is 37.6 Å². The molecule has 0 atom stereocenters. The Balaban J connectivity index is 2.19. The van der Waals surface area contributed by atoms with E-state index in [1.165, 1.54) is 0 Å². The van der Waals surface area contributed by atoms with Gasteiger partial charge in [0.1, 0.15) is 6.61 Å². The summed E-state index contributed by atoms with van der Waals surface area (Å²) in [7, 11) is 0. The van der Waals surface area contributed by atoms with Crippen molar-refractivity contribution in [3.63, 3.8) is 0 Å². The van der Waals surface area contributed by atoms with Crippen LogP contribution in [0.15, 0.2) is 10.6 Å². The van der Waals surface area contributed by atoms with Gasteiger partial charge in [0.25, 0.3) is 0 Å². The highest BCUT2D eigenvalue weighted by atomic mass is 16.5. The second kappa shape index (κ2) is 7.41. The maximum atomic E-state index is 5.49. The van der Waals surface area contributed by atoms with Crippen molar-refractivity contribution in [1.29, 1.82) is 0 Å². The van der Waals surface area contributed by atoms with Crippen molar-refractivity contribution in [2.75, 3.05) is 13.2 Å². The molecule has 0 aliphatic heterocycles. The minimum Gasteiger partial charge on any atom is -0.373 e. The Morgan fingerprint density at radius 1 is 1.50 bits per heavy atom. The summed E-state index contributed by atoms with van der Waals surface area (Å²) in [6, 6.07) is 1.94. The minimum absolute atomic E-state index is 0.520. The van der Waals surface area contributed by atoms with Gasteiger partial charge in [-0.2, -0.15) is 0 Å². The lowest BCUT2D eigenvalue weighted by molar-refractivity contribution is 0.0924. The lowest BCUT2D eigenvalue weighted by Crippen LogP contribution is -2.11. The average molecular weight is 226 g/mol. The summed E-state index contributed by atoms with van der Waals surface area (Å²) < 4.78 is 10.6. The van der Waals surface area contributed by atoms with Crippen LogP contribution in [0.4, 0.5) is 0 Å². The van der Waals surface area contributed by atoms with Crippen molar-refractivity contribution in [2.24, 2.45) is 5.92 Å². The first kappa shape index (κ1) is 13.2. The number of ether oxygens (including phenoxy) is 1. The fraction of sp³-hybridized carbons (Fsp3) is 0.750. The highest BCUT2D eigenvalue weighted by molar-refractivity contribution is 5.04. The minimum atomic E-state index is 0.520. The number of rotatable bonds is 8. The molecule has 0 aromatic carbocycles. The molecule has 0 spiro atoms. The van der Waals surface area contributed by atoms with Crippen LogP contribution < -0.4 is 5.32 Å².